The highest BCUT2D eigenvalue weighted by atomic mass is 19.1. The van der Waals surface area contributed by atoms with Crippen molar-refractivity contribution in [3.63, 3.8) is 0 Å². The Balaban J connectivity index is 1.96. The Hall–Kier alpha value is -2.60. The van der Waals surface area contributed by atoms with E-state index in [1.165, 1.54) is 12.1 Å². The third-order valence-electron chi connectivity index (χ3n) is 4.80. The van der Waals surface area contributed by atoms with Gasteiger partial charge in [-0.3, -0.25) is 9.67 Å². The molecule has 0 aliphatic rings. The molecule has 0 bridgehead atoms. The maximum atomic E-state index is 14.5. The molecule has 0 fully saturated rings. The van der Waals surface area contributed by atoms with Gasteiger partial charge in [-0.05, 0) is 30.5 Å². The summed E-state index contributed by atoms with van der Waals surface area (Å²) in [5.74, 6) is -1.16. The highest BCUT2D eigenvalue weighted by Crippen LogP contribution is 2.26. The van der Waals surface area contributed by atoms with Crippen LogP contribution in [0, 0.1) is 11.6 Å². The lowest BCUT2D eigenvalue weighted by atomic mass is 9.98. The van der Waals surface area contributed by atoms with Crippen LogP contribution < -0.4 is 5.32 Å². The van der Waals surface area contributed by atoms with Crippen molar-refractivity contribution >= 4 is 0 Å². The lowest BCUT2D eigenvalue weighted by Crippen LogP contribution is -2.24. The van der Waals surface area contributed by atoms with Crippen molar-refractivity contribution in [1.29, 1.82) is 0 Å². The summed E-state index contributed by atoms with van der Waals surface area (Å²) in [7, 11) is 1.94. The van der Waals surface area contributed by atoms with Crippen LogP contribution in [0.1, 0.15) is 48.0 Å². The Labute approximate surface area is 158 Å². The summed E-state index contributed by atoms with van der Waals surface area (Å²) in [6, 6.07) is 6.94. The fourth-order valence-electron chi connectivity index (χ4n) is 3.49. The lowest BCUT2D eigenvalue weighted by Gasteiger charge is -2.21. The number of halogens is 2. The third kappa shape index (κ3) is 4.06. The van der Waals surface area contributed by atoms with Gasteiger partial charge >= 0.3 is 0 Å². The van der Waals surface area contributed by atoms with E-state index < -0.39 is 17.7 Å². The second kappa shape index (κ2) is 8.39. The van der Waals surface area contributed by atoms with Crippen molar-refractivity contribution in [2.75, 3.05) is 0 Å². The van der Waals surface area contributed by atoms with Gasteiger partial charge in [0.2, 0.25) is 0 Å². The Morgan fingerprint density at radius 1 is 1.15 bits per heavy atom. The van der Waals surface area contributed by atoms with Crippen LogP contribution in [-0.2, 0) is 26.4 Å². The Kier molecular flexibility index (Phi) is 5.96. The summed E-state index contributed by atoms with van der Waals surface area (Å²) in [5, 5.41) is 8.03. The molecular formula is C21H24F2N4. The van der Waals surface area contributed by atoms with E-state index in [4.69, 9.17) is 0 Å². The second-order valence-electron chi connectivity index (χ2n) is 6.47. The summed E-state index contributed by atoms with van der Waals surface area (Å²) in [5.41, 5.74) is 4.54. The monoisotopic (exact) mass is 370 g/mol. The first-order valence-corrected chi connectivity index (χ1v) is 9.17. The summed E-state index contributed by atoms with van der Waals surface area (Å²) < 4.78 is 29.8. The van der Waals surface area contributed by atoms with E-state index in [1.807, 2.05) is 23.9 Å². The van der Waals surface area contributed by atoms with Crippen molar-refractivity contribution in [3.8, 4) is 0 Å². The molecule has 0 amide bonds. The number of hydrogen-bond donors (Lipinski definition) is 1. The first-order chi connectivity index (χ1) is 13.0. The number of pyridine rings is 1. The number of benzene rings is 1. The molecule has 1 atom stereocenters. The van der Waals surface area contributed by atoms with Crippen LogP contribution in [0.3, 0.4) is 0 Å². The van der Waals surface area contributed by atoms with Crippen molar-refractivity contribution in [1.82, 2.24) is 20.1 Å². The average molecular weight is 370 g/mol. The minimum absolute atomic E-state index is 0.393. The van der Waals surface area contributed by atoms with Gasteiger partial charge in [0.15, 0.2) is 0 Å². The topological polar surface area (TPSA) is 42.7 Å². The number of nitrogens with zero attached hydrogens (tertiary/aromatic N) is 3. The molecule has 3 rings (SSSR count). The van der Waals surface area contributed by atoms with E-state index in [2.05, 4.69) is 29.2 Å². The van der Waals surface area contributed by atoms with E-state index >= 15 is 0 Å². The lowest BCUT2D eigenvalue weighted by molar-refractivity contribution is 0.531. The number of rotatable bonds is 7. The standard InChI is InChI=1S/C21H24F2N4/c1-4-19-17(20(5-2)27(3)26-19)13-25-21(14-7-6-10-24-12-14)16-9-8-15(22)11-18(16)23/h6-12,21,25H,4-5,13H2,1-3H3. The number of hydrogen-bond acceptors (Lipinski definition) is 3. The molecule has 1 unspecified atom stereocenters. The van der Waals surface area contributed by atoms with Crippen LogP contribution in [0.25, 0.3) is 0 Å². The van der Waals surface area contributed by atoms with Gasteiger partial charge in [0.05, 0.1) is 11.7 Å². The van der Waals surface area contributed by atoms with E-state index in [9.17, 15) is 8.78 Å². The minimum Gasteiger partial charge on any atom is -0.302 e. The summed E-state index contributed by atoms with van der Waals surface area (Å²) in [6.07, 6.45) is 5.06. The molecule has 0 saturated heterocycles. The molecule has 2 heterocycles. The van der Waals surface area contributed by atoms with E-state index in [1.54, 1.807) is 12.4 Å². The molecule has 0 aliphatic carbocycles. The normalized spacial score (nSPS) is 12.3. The highest BCUT2D eigenvalue weighted by molar-refractivity contribution is 5.33. The highest BCUT2D eigenvalue weighted by Gasteiger charge is 2.21. The van der Waals surface area contributed by atoms with Crippen molar-refractivity contribution < 1.29 is 8.78 Å². The van der Waals surface area contributed by atoms with Crippen LogP contribution in [-0.4, -0.2) is 14.8 Å². The van der Waals surface area contributed by atoms with Crippen LogP contribution in [0.4, 0.5) is 8.78 Å². The minimum atomic E-state index is -0.588. The maximum Gasteiger partial charge on any atom is 0.131 e. The molecule has 3 aromatic rings. The summed E-state index contributed by atoms with van der Waals surface area (Å²) >= 11 is 0. The summed E-state index contributed by atoms with van der Waals surface area (Å²) in [6.45, 7) is 4.71. The van der Waals surface area contributed by atoms with Gasteiger partial charge in [0.25, 0.3) is 0 Å². The SMILES string of the molecule is CCc1nn(C)c(CC)c1CNC(c1cccnc1)c1ccc(F)cc1F. The van der Waals surface area contributed by atoms with Gasteiger partial charge in [-0.1, -0.05) is 26.0 Å². The van der Waals surface area contributed by atoms with Gasteiger partial charge in [0, 0.05) is 48.9 Å². The van der Waals surface area contributed by atoms with Crippen molar-refractivity contribution in [3.05, 3.63) is 82.4 Å². The molecule has 0 aliphatic heterocycles. The molecule has 2 aromatic heterocycles. The number of aryl methyl sites for hydroxylation is 2. The molecule has 0 saturated carbocycles. The third-order valence-corrected chi connectivity index (χ3v) is 4.80. The second-order valence-corrected chi connectivity index (χ2v) is 6.47. The zero-order chi connectivity index (χ0) is 19.4. The van der Waals surface area contributed by atoms with Crippen LogP contribution in [0.5, 0.6) is 0 Å². The van der Waals surface area contributed by atoms with E-state index in [0.717, 1.165) is 41.4 Å². The first-order valence-electron chi connectivity index (χ1n) is 9.17. The Morgan fingerprint density at radius 2 is 1.96 bits per heavy atom. The van der Waals surface area contributed by atoms with Crippen LogP contribution in [0.15, 0.2) is 42.7 Å². The van der Waals surface area contributed by atoms with Crippen LogP contribution >= 0.6 is 0 Å². The van der Waals surface area contributed by atoms with E-state index in [-0.39, 0.29) is 0 Å². The van der Waals surface area contributed by atoms with Crippen LogP contribution in [0.2, 0.25) is 0 Å². The largest absolute Gasteiger partial charge is 0.302 e. The number of aromatic nitrogens is 3. The number of nitrogens with one attached hydrogen (secondary N) is 1. The molecule has 0 spiro atoms. The molecule has 4 nitrogen and oxygen atoms in total. The van der Waals surface area contributed by atoms with Gasteiger partial charge in [0.1, 0.15) is 11.6 Å². The molecule has 0 radical (unpaired) electrons. The predicted octanol–water partition coefficient (Wildman–Crippen LogP) is 4.10. The first kappa shape index (κ1) is 19.2. The zero-order valence-corrected chi connectivity index (χ0v) is 15.8. The molecule has 27 heavy (non-hydrogen) atoms. The summed E-state index contributed by atoms with van der Waals surface area (Å²) in [4.78, 5) is 4.15. The van der Waals surface area contributed by atoms with E-state index in [0.29, 0.717) is 12.1 Å². The average Bonchev–Trinajstić information content (AvgIpc) is 2.98. The van der Waals surface area contributed by atoms with Crippen molar-refractivity contribution in [2.24, 2.45) is 7.05 Å². The van der Waals surface area contributed by atoms with Crippen molar-refractivity contribution in [2.45, 2.75) is 39.3 Å². The molecule has 6 heteroatoms. The molecule has 1 N–H and O–H groups in total. The Bertz CT molecular complexity index is 906. The molecule has 1 aromatic carbocycles. The molecule has 142 valence electrons. The Morgan fingerprint density at radius 3 is 2.59 bits per heavy atom. The van der Waals surface area contributed by atoms with Gasteiger partial charge < -0.3 is 5.32 Å². The zero-order valence-electron chi connectivity index (χ0n) is 15.8. The van der Waals surface area contributed by atoms with Gasteiger partial charge in [-0.2, -0.15) is 5.10 Å². The molecular weight excluding hydrogens is 346 g/mol. The predicted molar refractivity (Wildman–Crippen MR) is 101 cm³/mol. The van der Waals surface area contributed by atoms with Gasteiger partial charge in [-0.15, -0.1) is 0 Å². The fraction of sp³-hybridized carbons (Fsp3) is 0.333. The quantitative estimate of drug-likeness (QED) is 0.681. The van der Waals surface area contributed by atoms with Gasteiger partial charge in [-0.25, -0.2) is 8.78 Å². The fourth-order valence-corrected chi connectivity index (χ4v) is 3.49. The maximum absolute atomic E-state index is 14.5. The smallest absolute Gasteiger partial charge is 0.131 e.